The van der Waals surface area contributed by atoms with E-state index in [1.165, 1.54) is 0 Å². The average molecular weight is 253 g/mol. The van der Waals surface area contributed by atoms with Crippen molar-refractivity contribution in [2.45, 2.75) is 19.1 Å². The number of aromatic nitrogens is 2. The second kappa shape index (κ2) is 5.47. The zero-order valence-electron chi connectivity index (χ0n) is 10.9. The van der Waals surface area contributed by atoms with Gasteiger partial charge < -0.3 is 14.4 Å². The molecule has 2 rings (SSSR count). The SMILES string of the molecule is COC1CN(c2nc(NN)ncc2C)CC1OC. The van der Waals surface area contributed by atoms with Crippen LogP contribution in [0.3, 0.4) is 0 Å². The Bertz CT molecular complexity index is 402. The lowest BCUT2D eigenvalue weighted by molar-refractivity contribution is -0.00461. The van der Waals surface area contributed by atoms with E-state index in [-0.39, 0.29) is 12.2 Å². The minimum Gasteiger partial charge on any atom is -0.377 e. The molecule has 1 aliphatic rings. The van der Waals surface area contributed by atoms with Gasteiger partial charge in [0.05, 0.1) is 0 Å². The first-order chi connectivity index (χ1) is 8.69. The third-order valence-corrected chi connectivity index (χ3v) is 3.19. The molecule has 0 amide bonds. The first-order valence-electron chi connectivity index (χ1n) is 5.80. The van der Waals surface area contributed by atoms with Gasteiger partial charge in [0.25, 0.3) is 0 Å². The molecular weight excluding hydrogens is 234 g/mol. The summed E-state index contributed by atoms with van der Waals surface area (Å²) in [5, 5.41) is 0. The Morgan fingerprint density at radius 1 is 1.33 bits per heavy atom. The summed E-state index contributed by atoms with van der Waals surface area (Å²) >= 11 is 0. The Hall–Kier alpha value is -1.44. The lowest BCUT2D eigenvalue weighted by atomic mass is 10.3. The molecule has 18 heavy (non-hydrogen) atoms. The molecule has 1 aromatic heterocycles. The number of aryl methyl sites for hydroxylation is 1. The van der Waals surface area contributed by atoms with Crippen molar-refractivity contribution in [1.82, 2.24) is 9.97 Å². The average Bonchev–Trinajstić information content (AvgIpc) is 2.82. The zero-order valence-corrected chi connectivity index (χ0v) is 10.9. The van der Waals surface area contributed by atoms with E-state index in [0.717, 1.165) is 24.5 Å². The largest absolute Gasteiger partial charge is 0.377 e. The molecule has 0 aliphatic carbocycles. The van der Waals surface area contributed by atoms with Crippen molar-refractivity contribution in [3.8, 4) is 0 Å². The van der Waals surface area contributed by atoms with Crippen LogP contribution in [-0.4, -0.2) is 49.5 Å². The molecule has 2 heterocycles. The predicted molar refractivity (Wildman–Crippen MR) is 68.4 cm³/mol. The molecule has 1 aliphatic heterocycles. The standard InChI is InChI=1S/C11H19N5O2/c1-7-4-13-11(15-12)14-10(7)16-5-8(17-2)9(6-16)18-3/h4,8-9H,5-6,12H2,1-3H3,(H,13,14,15). The lowest BCUT2D eigenvalue weighted by Crippen LogP contribution is -2.27. The van der Waals surface area contributed by atoms with Gasteiger partial charge in [0.15, 0.2) is 0 Å². The van der Waals surface area contributed by atoms with Crippen molar-refractivity contribution in [3.63, 3.8) is 0 Å². The Balaban J connectivity index is 2.22. The molecule has 7 nitrogen and oxygen atoms in total. The van der Waals surface area contributed by atoms with Crippen LogP contribution in [0.5, 0.6) is 0 Å². The molecule has 3 N–H and O–H groups in total. The number of hydrazine groups is 1. The van der Waals surface area contributed by atoms with Crippen LogP contribution in [0.4, 0.5) is 11.8 Å². The maximum absolute atomic E-state index is 5.41. The van der Waals surface area contributed by atoms with Crippen LogP contribution >= 0.6 is 0 Å². The highest BCUT2D eigenvalue weighted by molar-refractivity contribution is 5.50. The molecular formula is C11H19N5O2. The van der Waals surface area contributed by atoms with Gasteiger partial charge in [-0.05, 0) is 6.92 Å². The van der Waals surface area contributed by atoms with Gasteiger partial charge in [-0.2, -0.15) is 4.98 Å². The van der Waals surface area contributed by atoms with Crippen LogP contribution in [0.2, 0.25) is 0 Å². The van der Waals surface area contributed by atoms with Crippen LogP contribution in [0.15, 0.2) is 6.20 Å². The van der Waals surface area contributed by atoms with Crippen LogP contribution in [0.1, 0.15) is 5.56 Å². The van der Waals surface area contributed by atoms with Gasteiger partial charge in [-0.3, -0.25) is 5.43 Å². The molecule has 0 bridgehead atoms. The predicted octanol–water partition coefficient (Wildman–Crippen LogP) is -0.0794. The Morgan fingerprint density at radius 3 is 2.44 bits per heavy atom. The number of anilines is 2. The number of nitrogen functional groups attached to an aromatic ring is 1. The highest BCUT2D eigenvalue weighted by Crippen LogP contribution is 2.24. The van der Waals surface area contributed by atoms with Gasteiger partial charge in [0, 0.05) is 39.1 Å². The summed E-state index contributed by atoms with van der Waals surface area (Å²) in [6, 6.07) is 0. The number of hydrogen-bond acceptors (Lipinski definition) is 7. The monoisotopic (exact) mass is 253 g/mol. The van der Waals surface area contributed by atoms with Crippen LogP contribution in [-0.2, 0) is 9.47 Å². The van der Waals surface area contributed by atoms with E-state index in [4.69, 9.17) is 15.3 Å². The molecule has 0 spiro atoms. The molecule has 1 fully saturated rings. The van der Waals surface area contributed by atoms with Gasteiger partial charge in [0.1, 0.15) is 18.0 Å². The number of rotatable bonds is 4. The maximum atomic E-state index is 5.41. The maximum Gasteiger partial charge on any atom is 0.239 e. The second-order valence-corrected chi connectivity index (χ2v) is 4.30. The van der Waals surface area contributed by atoms with Crippen molar-refractivity contribution < 1.29 is 9.47 Å². The summed E-state index contributed by atoms with van der Waals surface area (Å²) in [5.41, 5.74) is 3.46. The molecule has 7 heteroatoms. The summed E-state index contributed by atoms with van der Waals surface area (Å²) in [6.45, 7) is 3.46. The van der Waals surface area contributed by atoms with Crippen LogP contribution in [0, 0.1) is 6.92 Å². The zero-order chi connectivity index (χ0) is 13.1. The number of nitrogens with zero attached hydrogens (tertiary/aromatic N) is 3. The number of nitrogens with one attached hydrogen (secondary N) is 1. The van der Waals surface area contributed by atoms with E-state index < -0.39 is 0 Å². The van der Waals surface area contributed by atoms with Gasteiger partial charge in [0.2, 0.25) is 5.95 Å². The first kappa shape index (κ1) is 13.0. The molecule has 100 valence electrons. The Morgan fingerprint density at radius 2 is 1.94 bits per heavy atom. The number of hydrogen-bond donors (Lipinski definition) is 2. The van der Waals surface area contributed by atoms with E-state index in [0.29, 0.717) is 5.95 Å². The van der Waals surface area contributed by atoms with E-state index in [1.807, 2.05) is 6.92 Å². The van der Waals surface area contributed by atoms with E-state index in [2.05, 4.69) is 20.3 Å². The first-order valence-corrected chi connectivity index (χ1v) is 5.80. The summed E-state index contributed by atoms with van der Waals surface area (Å²) in [7, 11) is 3.39. The minimum absolute atomic E-state index is 0.0543. The number of methoxy groups -OCH3 is 2. The van der Waals surface area contributed by atoms with Crippen molar-refractivity contribution in [2.24, 2.45) is 5.84 Å². The fourth-order valence-electron chi connectivity index (χ4n) is 2.19. The fraction of sp³-hybridized carbons (Fsp3) is 0.636. The summed E-state index contributed by atoms with van der Waals surface area (Å²) in [5.74, 6) is 6.60. The van der Waals surface area contributed by atoms with E-state index in [9.17, 15) is 0 Å². The molecule has 0 radical (unpaired) electrons. The van der Waals surface area contributed by atoms with Crippen molar-refractivity contribution >= 4 is 11.8 Å². The van der Waals surface area contributed by atoms with Crippen molar-refractivity contribution in [1.29, 1.82) is 0 Å². The summed E-state index contributed by atoms with van der Waals surface area (Å²) in [4.78, 5) is 10.6. The van der Waals surface area contributed by atoms with Gasteiger partial charge in [-0.25, -0.2) is 10.8 Å². The lowest BCUT2D eigenvalue weighted by Gasteiger charge is -2.19. The van der Waals surface area contributed by atoms with Gasteiger partial charge >= 0.3 is 0 Å². The molecule has 2 atom stereocenters. The smallest absolute Gasteiger partial charge is 0.239 e. The number of ether oxygens (including phenoxy) is 2. The second-order valence-electron chi connectivity index (χ2n) is 4.30. The quantitative estimate of drug-likeness (QED) is 0.573. The van der Waals surface area contributed by atoms with E-state index >= 15 is 0 Å². The summed E-state index contributed by atoms with van der Waals surface area (Å²) < 4.78 is 10.8. The van der Waals surface area contributed by atoms with E-state index in [1.54, 1.807) is 20.4 Å². The number of nitrogens with two attached hydrogens (primary N) is 1. The Labute approximate surface area is 106 Å². The third kappa shape index (κ3) is 2.38. The third-order valence-electron chi connectivity index (χ3n) is 3.19. The molecule has 2 unspecified atom stereocenters. The fourth-order valence-corrected chi connectivity index (χ4v) is 2.19. The normalized spacial score (nSPS) is 23.4. The molecule has 0 aromatic carbocycles. The van der Waals surface area contributed by atoms with Crippen LogP contribution in [0.25, 0.3) is 0 Å². The molecule has 1 saturated heterocycles. The minimum atomic E-state index is 0.0543. The summed E-state index contributed by atoms with van der Waals surface area (Å²) in [6.07, 6.45) is 1.86. The Kier molecular flexibility index (Phi) is 3.95. The van der Waals surface area contributed by atoms with Crippen LogP contribution < -0.4 is 16.2 Å². The van der Waals surface area contributed by atoms with Crippen molar-refractivity contribution in [3.05, 3.63) is 11.8 Å². The molecule has 1 aromatic rings. The van der Waals surface area contributed by atoms with Crippen molar-refractivity contribution in [2.75, 3.05) is 37.6 Å². The highest BCUT2D eigenvalue weighted by atomic mass is 16.5. The van der Waals surface area contributed by atoms with Gasteiger partial charge in [-0.15, -0.1) is 0 Å². The topological polar surface area (TPSA) is 85.5 Å². The highest BCUT2D eigenvalue weighted by Gasteiger charge is 2.34. The molecule has 0 saturated carbocycles. The van der Waals surface area contributed by atoms with Gasteiger partial charge in [-0.1, -0.05) is 0 Å².